The molecule has 0 aromatic carbocycles. The summed E-state index contributed by atoms with van der Waals surface area (Å²) in [6.45, 7) is 3.36. The van der Waals surface area contributed by atoms with Gasteiger partial charge in [-0.05, 0) is 25.7 Å². The van der Waals surface area contributed by atoms with Crippen LogP contribution in [-0.2, 0) is 4.79 Å². The Kier molecular flexibility index (Phi) is 3.46. The van der Waals surface area contributed by atoms with E-state index in [1.807, 2.05) is 6.07 Å². The number of aromatic nitrogens is 2. The number of hydrogen-bond acceptors (Lipinski definition) is 5. The van der Waals surface area contributed by atoms with Crippen molar-refractivity contribution in [1.82, 2.24) is 15.3 Å². The molecule has 2 aliphatic rings. The maximum Gasteiger partial charge on any atom is 0.217 e. The summed E-state index contributed by atoms with van der Waals surface area (Å²) in [6.07, 6.45) is 4.24. The first-order chi connectivity index (χ1) is 9.61. The van der Waals surface area contributed by atoms with Gasteiger partial charge < -0.3 is 16.0 Å². The van der Waals surface area contributed by atoms with Crippen LogP contribution in [0.5, 0.6) is 0 Å². The third kappa shape index (κ3) is 3.00. The fourth-order valence-corrected chi connectivity index (χ4v) is 2.70. The second-order valence-corrected chi connectivity index (χ2v) is 5.75. The molecule has 6 heteroatoms. The van der Waals surface area contributed by atoms with Gasteiger partial charge >= 0.3 is 0 Å². The van der Waals surface area contributed by atoms with Gasteiger partial charge in [0.15, 0.2) is 0 Å². The summed E-state index contributed by atoms with van der Waals surface area (Å²) >= 11 is 0. The number of nitrogens with two attached hydrogens (primary N) is 1. The van der Waals surface area contributed by atoms with Crippen LogP contribution in [0, 0.1) is 0 Å². The molecule has 0 bridgehead atoms. The van der Waals surface area contributed by atoms with Crippen LogP contribution in [0.1, 0.15) is 44.3 Å². The highest BCUT2D eigenvalue weighted by molar-refractivity contribution is 5.73. The van der Waals surface area contributed by atoms with Crippen LogP contribution >= 0.6 is 0 Å². The number of rotatable bonds is 3. The highest BCUT2D eigenvalue weighted by Crippen LogP contribution is 2.39. The summed E-state index contributed by atoms with van der Waals surface area (Å²) in [7, 11) is 0. The van der Waals surface area contributed by atoms with Crippen molar-refractivity contribution in [3.8, 4) is 0 Å². The Balaban J connectivity index is 1.67. The first-order valence-electron chi connectivity index (χ1n) is 7.28. The van der Waals surface area contributed by atoms with Gasteiger partial charge in [-0.2, -0.15) is 0 Å². The van der Waals surface area contributed by atoms with Crippen LogP contribution in [0.4, 0.5) is 11.6 Å². The minimum absolute atomic E-state index is 0.0470. The molecule has 0 unspecified atom stereocenters. The maximum atomic E-state index is 11.1. The average Bonchev–Trinajstić information content (AvgIpc) is 3.22. The number of hydrogen-bond donors (Lipinski definition) is 2. The summed E-state index contributed by atoms with van der Waals surface area (Å²) in [5.74, 6) is 2.94. The zero-order valence-corrected chi connectivity index (χ0v) is 11.8. The molecule has 3 rings (SSSR count). The Morgan fingerprint density at radius 2 is 2.00 bits per heavy atom. The number of nitrogen functional groups attached to an aromatic ring is 1. The van der Waals surface area contributed by atoms with Crippen molar-refractivity contribution in [2.75, 3.05) is 23.7 Å². The summed E-state index contributed by atoms with van der Waals surface area (Å²) in [5.41, 5.74) is 5.89. The second kappa shape index (κ2) is 5.26. The van der Waals surface area contributed by atoms with E-state index in [4.69, 9.17) is 5.73 Å². The number of carbonyl (C=O) groups excluding carboxylic acids is 1. The van der Waals surface area contributed by atoms with E-state index < -0.39 is 0 Å². The zero-order chi connectivity index (χ0) is 14.1. The zero-order valence-electron chi connectivity index (χ0n) is 11.8. The predicted molar refractivity (Wildman–Crippen MR) is 77.5 cm³/mol. The monoisotopic (exact) mass is 275 g/mol. The second-order valence-electron chi connectivity index (χ2n) is 5.75. The van der Waals surface area contributed by atoms with Crippen molar-refractivity contribution < 1.29 is 4.79 Å². The molecule has 108 valence electrons. The van der Waals surface area contributed by atoms with Crippen molar-refractivity contribution in [3.05, 3.63) is 11.9 Å². The van der Waals surface area contributed by atoms with E-state index >= 15 is 0 Å². The van der Waals surface area contributed by atoms with E-state index in [2.05, 4.69) is 20.2 Å². The van der Waals surface area contributed by atoms with Crippen molar-refractivity contribution in [1.29, 1.82) is 0 Å². The van der Waals surface area contributed by atoms with Gasteiger partial charge in [-0.3, -0.25) is 4.79 Å². The average molecular weight is 275 g/mol. The molecule has 1 saturated carbocycles. The molecule has 3 N–H and O–H groups in total. The minimum Gasteiger partial charge on any atom is -0.384 e. The van der Waals surface area contributed by atoms with E-state index in [0.29, 0.717) is 11.7 Å². The standard InChI is InChI=1S/C14H21N5O/c1-9(20)16-11-4-6-19(7-5-11)13-8-12(15)17-14(18-13)10-2-3-10/h8,10-11H,2-7H2,1H3,(H,16,20)(H2,15,17,18). The van der Waals surface area contributed by atoms with Gasteiger partial charge in [-0.15, -0.1) is 0 Å². The molecule has 20 heavy (non-hydrogen) atoms. The van der Waals surface area contributed by atoms with Gasteiger partial charge in [0, 0.05) is 38.0 Å². The summed E-state index contributed by atoms with van der Waals surface area (Å²) in [6, 6.07) is 2.13. The van der Waals surface area contributed by atoms with Gasteiger partial charge in [0.2, 0.25) is 5.91 Å². The highest BCUT2D eigenvalue weighted by Gasteiger charge is 2.28. The van der Waals surface area contributed by atoms with Gasteiger partial charge in [-0.1, -0.05) is 0 Å². The molecule has 1 amide bonds. The highest BCUT2D eigenvalue weighted by atomic mass is 16.1. The Morgan fingerprint density at radius 3 is 2.60 bits per heavy atom. The minimum atomic E-state index is 0.0470. The number of piperidine rings is 1. The van der Waals surface area contributed by atoms with Crippen LogP contribution in [0.2, 0.25) is 0 Å². The molecule has 6 nitrogen and oxygen atoms in total. The molecular weight excluding hydrogens is 254 g/mol. The largest absolute Gasteiger partial charge is 0.384 e. The maximum absolute atomic E-state index is 11.1. The van der Waals surface area contributed by atoms with Crippen LogP contribution in [0.25, 0.3) is 0 Å². The lowest BCUT2D eigenvalue weighted by Crippen LogP contribution is -2.44. The summed E-state index contributed by atoms with van der Waals surface area (Å²) < 4.78 is 0. The fraction of sp³-hybridized carbons (Fsp3) is 0.643. The van der Waals surface area contributed by atoms with E-state index in [1.54, 1.807) is 6.92 Å². The number of nitrogens with one attached hydrogen (secondary N) is 1. The van der Waals surface area contributed by atoms with E-state index in [0.717, 1.165) is 37.6 Å². The quantitative estimate of drug-likeness (QED) is 0.861. The lowest BCUT2D eigenvalue weighted by Gasteiger charge is -2.33. The van der Waals surface area contributed by atoms with Crippen molar-refractivity contribution in [2.45, 2.75) is 44.6 Å². The third-order valence-corrected chi connectivity index (χ3v) is 3.92. The number of anilines is 2. The summed E-state index contributed by atoms with van der Waals surface area (Å²) in [5, 5.41) is 2.98. The third-order valence-electron chi connectivity index (χ3n) is 3.92. The van der Waals surface area contributed by atoms with Crippen molar-refractivity contribution in [2.24, 2.45) is 0 Å². The molecular formula is C14H21N5O. The number of nitrogens with zero attached hydrogens (tertiary/aromatic N) is 3. The lowest BCUT2D eigenvalue weighted by atomic mass is 10.1. The molecule has 1 aromatic rings. The first kappa shape index (κ1) is 13.1. The van der Waals surface area contributed by atoms with Gasteiger partial charge in [-0.25, -0.2) is 9.97 Å². The van der Waals surface area contributed by atoms with Crippen molar-refractivity contribution in [3.63, 3.8) is 0 Å². The lowest BCUT2D eigenvalue weighted by molar-refractivity contribution is -0.119. The molecule has 0 atom stereocenters. The smallest absolute Gasteiger partial charge is 0.217 e. The Bertz CT molecular complexity index is 506. The topological polar surface area (TPSA) is 84.1 Å². The predicted octanol–water partition coefficient (Wildman–Crippen LogP) is 1.04. The molecule has 1 saturated heterocycles. The normalized spacial score (nSPS) is 19.9. The molecule has 1 aliphatic carbocycles. The van der Waals surface area contributed by atoms with Crippen LogP contribution in [0.15, 0.2) is 6.07 Å². The molecule has 2 heterocycles. The van der Waals surface area contributed by atoms with E-state index in [1.165, 1.54) is 12.8 Å². The molecule has 1 aromatic heterocycles. The number of amides is 1. The van der Waals surface area contributed by atoms with Gasteiger partial charge in [0.25, 0.3) is 0 Å². The molecule has 0 spiro atoms. The Morgan fingerprint density at radius 1 is 1.30 bits per heavy atom. The SMILES string of the molecule is CC(=O)NC1CCN(c2cc(N)nc(C3CC3)n2)CC1. The van der Waals surface area contributed by atoms with E-state index in [9.17, 15) is 4.79 Å². The summed E-state index contributed by atoms with van der Waals surface area (Å²) in [4.78, 5) is 22.3. The fourth-order valence-electron chi connectivity index (χ4n) is 2.70. The van der Waals surface area contributed by atoms with Crippen LogP contribution in [-0.4, -0.2) is 35.0 Å². The molecule has 2 fully saturated rings. The van der Waals surface area contributed by atoms with Crippen LogP contribution < -0.4 is 16.0 Å². The molecule has 1 aliphatic heterocycles. The van der Waals surface area contributed by atoms with Gasteiger partial charge in [0.05, 0.1) is 0 Å². The van der Waals surface area contributed by atoms with Crippen LogP contribution in [0.3, 0.4) is 0 Å². The first-order valence-corrected chi connectivity index (χ1v) is 7.28. The Hall–Kier alpha value is -1.85. The molecule has 0 radical (unpaired) electrons. The number of carbonyl (C=O) groups is 1. The van der Waals surface area contributed by atoms with Crippen molar-refractivity contribution >= 4 is 17.5 Å². The Labute approximate surface area is 118 Å². The van der Waals surface area contributed by atoms with E-state index in [-0.39, 0.29) is 11.9 Å². The van der Waals surface area contributed by atoms with Gasteiger partial charge in [0.1, 0.15) is 17.5 Å².